The van der Waals surface area contributed by atoms with E-state index in [0.29, 0.717) is 23.9 Å². The van der Waals surface area contributed by atoms with E-state index in [1.54, 1.807) is 23.1 Å². The van der Waals surface area contributed by atoms with E-state index < -0.39 is 18.8 Å². The molecule has 0 aliphatic heterocycles. The number of aliphatic hydroxyl groups excluding tert-OH is 1. The highest BCUT2D eigenvalue weighted by molar-refractivity contribution is 5.51. The van der Waals surface area contributed by atoms with Gasteiger partial charge in [-0.25, -0.2) is 0 Å². The fourth-order valence-corrected chi connectivity index (χ4v) is 3.85. The Kier molecular flexibility index (Phi) is 7.05. The van der Waals surface area contributed by atoms with Crippen LogP contribution >= 0.6 is 0 Å². The number of alkyl halides is 3. The van der Waals surface area contributed by atoms with Gasteiger partial charge in [-0.05, 0) is 37.0 Å². The Balaban J connectivity index is 1.74. The van der Waals surface area contributed by atoms with Crippen LogP contribution in [0.15, 0.2) is 48.6 Å². The summed E-state index contributed by atoms with van der Waals surface area (Å²) in [5, 5.41) is 9.66. The topological polar surface area (TPSA) is 32.7 Å². The van der Waals surface area contributed by atoms with Gasteiger partial charge in [-0.2, -0.15) is 13.2 Å². The van der Waals surface area contributed by atoms with Crippen molar-refractivity contribution in [1.29, 1.82) is 0 Å². The van der Waals surface area contributed by atoms with Gasteiger partial charge in [-0.3, -0.25) is 0 Å². The lowest BCUT2D eigenvalue weighted by atomic mass is 9.88. The second-order valence-electron chi connectivity index (χ2n) is 7.67. The zero-order chi connectivity index (χ0) is 20.0. The van der Waals surface area contributed by atoms with Crippen LogP contribution in [0.1, 0.15) is 38.5 Å². The van der Waals surface area contributed by atoms with Crippen LogP contribution in [0.25, 0.3) is 0 Å². The van der Waals surface area contributed by atoms with E-state index in [-0.39, 0.29) is 6.10 Å². The van der Waals surface area contributed by atoms with E-state index in [1.807, 2.05) is 30.4 Å². The van der Waals surface area contributed by atoms with Crippen LogP contribution < -0.4 is 9.64 Å². The first-order valence-electron chi connectivity index (χ1n) is 10.0. The highest BCUT2D eigenvalue weighted by atomic mass is 19.4. The lowest BCUT2D eigenvalue weighted by Gasteiger charge is -2.33. The van der Waals surface area contributed by atoms with E-state index in [0.717, 1.165) is 32.1 Å². The molecule has 0 radical (unpaired) electrons. The van der Waals surface area contributed by atoms with E-state index in [4.69, 9.17) is 4.74 Å². The molecule has 2 aliphatic rings. The van der Waals surface area contributed by atoms with E-state index >= 15 is 0 Å². The van der Waals surface area contributed by atoms with Crippen molar-refractivity contribution in [3.8, 4) is 5.75 Å². The summed E-state index contributed by atoms with van der Waals surface area (Å²) < 4.78 is 44.9. The first-order chi connectivity index (χ1) is 13.4. The maximum atomic E-state index is 13.0. The van der Waals surface area contributed by atoms with Gasteiger partial charge in [0.15, 0.2) is 6.10 Å². The average molecular weight is 395 g/mol. The third-order valence-electron chi connectivity index (χ3n) is 5.39. The molecule has 2 atom stereocenters. The number of hydrogen-bond acceptors (Lipinski definition) is 3. The molecule has 1 N–H and O–H groups in total. The molecule has 0 spiro atoms. The van der Waals surface area contributed by atoms with Crippen LogP contribution in [0.4, 0.5) is 18.9 Å². The van der Waals surface area contributed by atoms with E-state index in [9.17, 15) is 18.3 Å². The molecule has 0 saturated heterocycles. The molecule has 154 valence electrons. The number of aliphatic hydroxyl groups is 1. The second-order valence-corrected chi connectivity index (χ2v) is 7.67. The number of ether oxygens (including phenoxy) is 1. The Bertz CT molecular complexity index is 681. The van der Waals surface area contributed by atoms with E-state index in [1.165, 1.54) is 6.42 Å². The van der Waals surface area contributed by atoms with Crippen LogP contribution in [-0.4, -0.2) is 36.6 Å². The van der Waals surface area contributed by atoms with Crippen molar-refractivity contribution in [3.05, 3.63) is 48.6 Å². The zero-order valence-electron chi connectivity index (χ0n) is 15.9. The maximum absolute atomic E-state index is 13.0. The maximum Gasteiger partial charge on any atom is 0.416 e. The molecule has 1 aromatic carbocycles. The molecule has 28 heavy (non-hydrogen) atoms. The summed E-state index contributed by atoms with van der Waals surface area (Å²) in [6.45, 7) is 0.0538. The first-order valence-corrected chi connectivity index (χ1v) is 10.0. The van der Waals surface area contributed by atoms with Crippen molar-refractivity contribution in [3.63, 3.8) is 0 Å². The molecule has 3 rings (SSSR count). The van der Waals surface area contributed by atoms with Crippen molar-refractivity contribution >= 4 is 5.69 Å². The molecule has 0 amide bonds. The van der Waals surface area contributed by atoms with Crippen molar-refractivity contribution in [1.82, 2.24) is 0 Å². The second kappa shape index (κ2) is 9.50. The molecule has 3 nitrogen and oxygen atoms in total. The lowest BCUT2D eigenvalue weighted by Crippen LogP contribution is -2.43. The predicted molar refractivity (Wildman–Crippen MR) is 105 cm³/mol. The van der Waals surface area contributed by atoms with Gasteiger partial charge >= 0.3 is 6.18 Å². The summed E-state index contributed by atoms with van der Waals surface area (Å²) in [4.78, 5) is 1.66. The average Bonchev–Trinajstić information content (AvgIpc) is 2.68. The summed E-state index contributed by atoms with van der Waals surface area (Å²) in [6.07, 6.45) is 7.01. The van der Waals surface area contributed by atoms with Gasteiger partial charge < -0.3 is 14.7 Å². The summed E-state index contributed by atoms with van der Waals surface area (Å²) in [5.41, 5.74) is 0.654. The molecule has 0 bridgehead atoms. The lowest BCUT2D eigenvalue weighted by molar-refractivity contribution is -0.200. The Morgan fingerprint density at radius 1 is 1.14 bits per heavy atom. The van der Waals surface area contributed by atoms with Crippen LogP contribution in [0.5, 0.6) is 5.75 Å². The molecule has 1 saturated carbocycles. The molecule has 1 fully saturated rings. The van der Waals surface area contributed by atoms with Crippen LogP contribution in [0.2, 0.25) is 0 Å². The van der Waals surface area contributed by atoms with Crippen molar-refractivity contribution < 1.29 is 23.0 Å². The number of halogens is 3. The normalized spacial score (nSPS) is 21.5. The fourth-order valence-electron chi connectivity index (χ4n) is 3.85. The monoisotopic (exact) mass is 395 g/mol. The molecule has 1 aromatic rings. The summed E-state index contributed by atoms with van der Waals surface area (Å²) in [6, 6.07) is 7.17. The Labute approximate surface area is 164 Å². The molecule has 0 heterocycles. The summed E-state index contributed by atoms with van der Waals surface area (Å²) in [7, 11) is 0. The van der Waals surface area contributed by atoms with Gasteiger partial charge in [-0.1, -0.05) is 43.6 Å². The Morgan fingerprint density at radius 3 is 2.61 bits per heavy atom. The van der Waals surface area contributed by atoms with Gasteiger partial charge in [-0.15, -0.1) is 0 Å². The minimum absolute atomic E-state index is 0.0761. The standard InChI is InChI=1S/C22H28F3NO2/c23-22(24,25)21(27)16-26(15-17-8-3-1-4-9-17)18-10-7-13-20(14-18)28-19-11-5-2-6-12-19/h2,5-7,10-11,13-14,17,19,21,27H,1,3-4,8-9,12,15-16H2. The number of allylic oxidation sites excluding steroid dienone is 2. The number of benzene rings is 1. The third-order valence-corrected chi connectivity index (χ3v) is 5.39. The van der Waals surface area contributed by atoms with Crippen LogP contribution in [-0.2, 0) is 0 Å². The molecule has 2 unspecified atom stereocenters. The number of anilines is 1. The minimum Gasteiger partial charge on any atom is -0.486 e. The predicted octanol–water partition coefficient (Wildman–Crippen LogP) is 5.26. The quantitative estimate of drug-likeness (QED) is 0.684. The van der Waals surface area contributed by atoms with Crippen LogP contribution in [0, 0.1) is 5.92 Å². The van der Waals surface area contributed by atoms with Gasteiger partial charge in [0.25, 0.3) is 0 Å². The smallest absolute Gasteiger partial charge is 0.416 e. The fraction of sp³-hybridized carbons (Fsp3) is 0.545. The highest BCUT2D eigenvalue weighted by Crippen LogP contribution is 2.30. The van der Waals surface area contributed by atoms with Gasteiger partial charge in [0.1, 0.15) is 11.9 Å². The van der Waals surface area contributed by atoms with E-state index in [2.05, 4.69) is 0 Å². The SMILES string of the molecule is OC(CN(CC1CCCCC1)c1cccc(OC2C=CC=CC2)c1)C(F)(F)F. The largest absolute Gasteiger partial charge is 0.486 e. The van der Waals surface area contributed by atoms with Gasteiger partial charge in [0.05, 0.1) is 6.54 Å². The molecule has 6 heteroatoms. The summed E-state index contributed by atoms with van der Waals surface area (Å²) >= 11 is 0. The minimum atomic E-state index is -4.63. The first kappa shape index (κ1) is 20.8. The number of rotatable bonds is 7. The number of nitrogens with zero attached hydrogens (tertiary/aromatic N) is 1. The molecular formula is C22H28F3NO2. The van der Waals surface area contributed by atoms with Gasteiger partial charge in [0.2, 0.25) is 0 Å². The number of hydrogen-bond donors (Lipinski definition) is 1. The van der Waals surface area contributed by atoms with Crippen molar-refractivity contribution in [2.75, 3.05) is 18.0 Å². The Hall–Kier alpha value is -1.95. The van der Waals surface area contributed by atoms with Crippen molar-refractivity contribution in [2.24, 2.45) is 5.92 Å². The molecular weight excluding hydrogens is 367 g/mol. The third kappa shape index (κ3) is 6.03. The highest BCUT2D eigenvalue weighted by Gasteiger charge is 2.39. The molecule has 0 aromatic heterocycles. The molecule has 2 aliphatic carbocycles. The zero-order valence-corrected chi connectivity index (χ0v) is 15.9. The van der Waals surface area contributed by atoms with Gasteiger partial charge in [0, 0.05) is 24.7 Å². The van der Waals surface area contributed by atoms with Crippen LogP contribution in [0.3, 0.4) is 0 Å². The summed E-state index contributed by atoms with van der Waals surface area (Å²) in [5.74, 6) is 0.975. The Morgan fingerprint density at radius 2 is 1.93 bits per heavy atom. The van der Waals surface area contributed by atoms with Crippen molar-refractivity contribution in [2.45, 2.75) is 56.9 Å².